The van der Waals surface area contributed by atoms with E-state index in [2.05, 4.69) is 197 Å². The van der Waals surface area contributed by atoms with E-state index < -0.39 is 0 Å². The molecule has 0 aliphatic heterocycles. The summed E-state index contributed by atoms with van der Waals surface area (Å²) < 4.78 is 0. The molecule has 11 rings (SSSR count). The van der Waals surface area contributed by atoms with Crippen LogP contribution < -0.4 is 9.80 Å². The van der Waals surface area contributed by atoms with Gasteiger partial charge in [-0.1, -0.05) is 156 Å². The number of fused-ring (bicyclic) bond motifs is 9. The number of hydrogen-bond donors (Lipinski definition) is 0. The smallest absolute Gasteiger partial charge is 0.0647 e. The average Bonchev–Trinajstić information content (AvgIpc) is 3.74. The fourth-order valence-electron chi connectivity index (χ4n) is 10.8. The largest absolute Gasteiger partial charge is 0.310 e. The number of anilines is 6. The topological polar surface area (TPSA) is 6.48 Å². The highest BCUT2D eigenvalue weighted by molar-refractivity contribution is 6.33. The Kier molecular flexibility index (Phi) is 8.37. The molecule has 0 saturated heterocycles. The monoisotopic (exact) mass is 828 g/mol. The molecule has 61 heavy (non-hydrogen) atoms. The van der Waals surface area contributed by atoms with E-state index in [-0.39, 0.29) is 16.2 Å². The van der Waals surface area contributed by atoms with Crippen LogP contribution in [0.2, 0.25) is 10.0 Å². The first-order valence-corrected chi connectivity index (χ1v) is 22.0. The van der Waals surface area contributed by atoms with Gasteiger partial charge in [-0.2, -0.15) is 0 Å². The second-order valence-corrected chi connectivity index (χ2v) is 19.3. The van der Waals surface area contributed by atoms with Crippen molar-refractivity contribution in [1.29, 1.82) is 0 Å². The predicted octanol–water partition coefficient (Wildman–Crippen LogP) is 16.9. The first-order valence-electron chi connectivity index (χ1n) is 21.2. The maximum Gasteiger partial charge on any atom is 0.0647 e. The van der Waals surface area contributed by atoms with Crippen molar-refractivity contribution in [3.8, 4) is 33.4 Å². The number of halogens is 2. The average molecular weight is 830 g/mol. The van der Waals surface area contributed by atoms with E-state index in [1.165, 1.54) is 66.8 Å². The Morgan fingerprint density at radius 1 is 0.311 bits per heavy atom. The number of rotatable bonds is 6. The van der Waals surface area contributed by atoms with Crippen molar-refractivity contribution in [2.45, 2.75) is 57.8 Å². The van der Waals surface area contributed by atoms with Crippen LogP contribution in [0.25, 0.3) is 33.4 Å². The van der Waals surface area contributed by atoms with Gasteiger partial charge in [-0.05, 0) is 146 Å². The molecule has 3 aliphatic carbocycles. The second kappa shape index (κ2) is 13.5. The van der Waals surface area contributed by atoms with Crippen molar-refractivity contribution in [2.75, 3.05) is 9.80 Å². The lowest BCUT2D eigenvalue weighted by Gasteiger charge is -2.30. The molecular weight excluding hydrogens is 784 g/mol. The lowest BCUT2D eigenvalue weighted by Crippen LogP contribution is -2.19. The van der Waals surface area contributed by atoms with Gasteiger partial charge in [0, 0.05) is 49.7 Å². The maximum absolute atomic E-state index is 7.08. The van der Waals surface area contributed by atoms with Gasteiger partial charge in [-0.25, -0.2) is 0 Å². The van der Waals surface area contributed by atoms with Crippen LogP contribution in [0.15, 0.2) is 170 Å². The normalized spacial score (nSPS) is 15.3. The Bertz CT molecular complexity index is 3120. The minimum Gasteiger partial charge on any atom is -0.310 e. The van der Waals surface area contributed by atoms with Gasteiger partial charge in [0.1, 0.15) is 0 Å². The Morgan fingerprint density at radius 3 is 1.11 bits per heavy atom. The summed E-state index contributed by atoms with van der Waals surface area (Å²) in [7, 11) is 0. The van der Waals surface area contributed by atoms with Gasteiger partial charge in [0.05, 0.1) is 10.7 Å². The molecule has 0 radical (unpaired) electrons. The molecule has 8 aromatic carbocycles. The van der Waals surface area contributed by atoms with Gasteiger partial charge in [0.15, 0.2) is 0 Å². The molecule has 0 heterocycles. The van der Waals surface area contributed by atoms with E-state index in [9.17, 15) is 0 Å². The first-order chi connectivity index (χ1) is 29.3. The van der Waals surface area contributed by atoms with Crippen molar-refractivity contribution in [2.24, 2.45) is 0 Å². The molecule has 0 atom stereocenters. The van der Waals surface area contributed by atoms with E-state index in [1.54, 1.807) is 0 Å². The number of nitrogens with zero attached hydrogens (tertiary/aromatic N) is 2. The minimum atomic E-state index is -0.300. The summed E-state index contributed by atoms with van der Waals surface area (Å²) in [6.45, 7) is 14.1. The molecule has 0 aromatic heterocycles. The summed E-state index contributed by atoms with van der Waals surface area (Å²) in [4.78, 5) is 4.70. The molecule has 2 nitrogen and oxygen atoms in total. The molecule has 298 valence electrons. The molecule has 0 N–H and O–H groups in total. The van der Waals surface area contributed by atoms with E-state index in [1.807, 2.05) is 24.3 Å². The molecular formula is C57H46Cl2N2. The lowest BCUT2D eigenvalue weighted by atomic mass is 9.81. The SMILES string of the molecule is CC1(C)c2ccccc2-c2ccc(N(c3cccc(Cl)c3)c3ccc4c(c3)C(C)(C)c3cc(N(c5ccc6c(c5)C(C)(C)c5ccccc5-6)c5ccccc5Cl)ccc3-4)cc21. The number of para-hydroxylation sites is 1. The molecule has 3 aliphatic rings. The van der Waals surface area contributed by atoms with Crippen LogP contribution in [0.5, 0.6) is 0 Å². The Morgan fingerprint density at radius 2 is 0.672 bits per heavy atom. The summed E-state index contributed by atoms with van der Waals surface area (Å²) in [5.74, 6) is 0. The molecule has 0 unspecified atom stereocenters. The van der Waals surface area contributed by atoms with Crippen LogP contribution >= 0.6 is 23.2 Å². The van der Waals surface area contributed by atoms with E-state index in [0.717, 1.165) is 34.1 Å². The molecule has 4 heteroatoms. The highest BCUT2D eigenvalue weighted by Gasteiger charge is 2.39. The number of hydrogen-bond acceptors (Lipinski definition) is 2. The van der Waals surface area contributed by atoms with Crippen molar-refractivity contribution < 1.29 is 0 Å². The third-order valence-corrected chi connectivity index (χ3v) is 14.5. The van der Waals surface area contributed by atoms with Crippen molar-refractivity contribution in [1.82, 2.24) is 0 Å². The Balaban J connectivity index is 1.02. The van der Waals surface area contributed by atoms with Gasteiger partial charge in [-0.3, -0.25) is 0 Å². The Labute approximate surface area is 369 Å². The molecule has 0 amide bonds. The van der Waals surface area contributed by atoms with Crippen molar-refractivity contribution in [3.63, 3.8) is 0 Å². The van der Waals surface area contributed by atoms with E-state index in [4.69, 9.17) is 23.2 Å². The summed E-state index contributed by atoms with van der Waals surface area (Å²) >= 11 is 13.8. The highest BCUT2D eigenvalue weighted by atomic mass is 35.5. The lowest BCUT2D eigenvalue weighted by molar-refractivity contribution is 0.660. The molecule has 0 spiro atoms. The first kappa shape index (κ1) is 37.9. The predicted molar refractivity (Wildman–Crippen MR) is 259 cm³/mol. The van der Waals surface area contributed by atoms with Crippen molar-refractivity contribution >= 4 is 57.3 Å². The molecule has 0 fully saturated rings. The molecule has 0 saturated carbocycles. The van der Waals surface area contributed by atoms with Gasteiger partial charge in [-0.15, -0.1) is 0 Å². The zero-order valence-electron chi connectivity index (χ0n) is 35.3. The summed E-state index contributed by atoms with van der Waals surface area (Å²) in [6, 6.07) is 61.8. The highest BCUT2D eigenvalue weighted by Crippen LogP contribution is 2.56. The summed E-state index contributed by atoms with van der Waals surface area (Å²) in [5.41, 5.74) is 21.5. The van der Waals surface area contributed by atoms with E-state index in [0.29, 0.717) is 10.0 Å². The van der Waals surface area contributed by atoms with Crippen LogP contribution in [0.3, 0.4) is 0 Å². The fourth-order valence-corrected chi connectivity index (χ4v) is 11.2. The zero-order chi connectivity index (χ0) is 42.0. The summed E-state index contributed by atoms with van der Waals surface area (Å²) in [5, 5.41) is 1.41. The maximum atomic E-state index is 7.08. The van der Waals surface area contributed by atoms with Crippen LogP contribution in [-0.2, 0) is 16.2 Å². The van der Waals surface area contributed by atoms with Gasteiger partial charge < -0.3 is 9.80 Å². The molecule has 8 aromatic rings. The minimum absolute atomic E-state index is 0.125. The van der Waals surface area contributed by atoms with Gasteiger partial charge >= 0.3 is 0 Å². The standard InChI is InChI=1S/C57H46Cl2N2/c1-55(2)47-18-9-7-16-41(47)43-26-22-37(31-49(43)55)60(36-15-13-14-35(58)30-36)38-23-27-45-46-29-25-40(34-52(46)57(5,6)51(45)32-38)61(54-21-12-11-20-53(54)59)39-24-28-44-42-17-8-10-19-48(42)56(3,4)50(44)33-39/h7-34H,1-6H3. The quantitative estimate of drug-likeness (QED) is 0.165. The second-order valence-electron chi connectivity index (χ2n) is 18.5. The fraction of sp³-hybridized carbons (Fsp3) is 0.158. The van der Waals surface area contributed by atoms with Gasteiger partial charge in [0.25, 0.3) is 0 Å². The summed E-state index contributed by atoms with van der Waals surface area (Å²) in [6.07, 6.45) is 0. The third kappa shape index (κ3) is 5.62. The zero-order valence-corrected chi connectivity index (χ0v) is 36.8. The number of benzene rings is 8. The molecule has 0 bridgehead atoms. The van der Waals surface area contributed by atoms with Gasteiger partial charge in [0.2, 0.25) is 0 Å². The van der Waals surface area contributed by atoms with E-state index >= 15 is 0 Å². The third-order valence-electron chi connectivity index (χ3n) is 14.0. The van der Waals surface area contributed by atoms with Crippen LogP contribution in [0, 0.1) is 0 Å². The van der Waals surface area contributed by atoms with Crippen LogP contribution in [0.4, 0.5) is 34.1 Å². The Hall–Kier alpha value is -6.06. The van der Waals surface area contributed by atoms with Crippen LogP contribution in [-0.4, -0.2) is 0 Å². The van der Waals surface area contributed by atoms with Crippen molar-refractivity contribution in [3.05, 3.63) is 213 Å². The van der Waals surface area contributed by atoms with Crippen LogP contribution in [0.1, 0.15) is 74.9 Å².